The molecule has 1 unspecified atom stereocenters. The molecule has 1 aliphatic heterocycles. The molecule has 0 aromatic heterocycles. The largest absolute Gasteiger partial charge is 0.480 e. The summed E-state index contributed by atoms with van der Waals surface area (Å²) >= 11 is 0. The van der Waals surface area contributed by atoms with Gasteiger partial charge in [-0.05, 0) is 63.1 Å². The van der Waals surface area contributed by atoms with Crippen molar-refractivity contribution in [3.05, 3.63) is 108 Å². The van der Waals surface area contributed by atoms with Crippen LogP contribution in [0.2, 0.25) is 0 Å². The Morgan fingerprint density at radius 3 is 1.81 bits per heavy atom. The van der Waals surface area contributed by atoms with Crippen LogP contribution in [0.5, 0.6) is 0 Å². The molecule has 0 aliphatic carbocycles. The summed E-state index contributed by atoms with van der Waals surface area (Å²) in [6.45, 7) is 5.80. The molecular formula is C37H45N3O7. The van der Waals surface area contributed by atoms with E-state index in [9.17, 15) is 24.3 Å². The first kappa shape index (κ1) is 35.3. The lowest BCUT2D eigenvalue weighted by molar-refractivity contribution is -0.155. The van der Waals surface area contributed by atoms with E-state index in [1.165, 1.54) is 0 Å². The summed E-state index contributed by atoms with van der Waals surface area (Å²) in [5, 5.41) is 19.0. The van der Waals surface area contributed by atoms with Crippen molar-refractivity contribution in [2.75, 3.05) is 6.61 Å². The van der Waals surface area contributed by atoms with Crippen LogP contribution in [0.15, 0.2) is 91.0 Å². The van der Waals surface area contributed by atoms with E-state index in [1.807, 2.05) is 91.0 Å². The van der Waals surface area contributed by atoms with Crippen LogP contribution in [0, 0.1) is 0 Å². The summed E-state index contributed by atoms with van der Waals surface area (Å²) < 4.78 is 11.2. The molecule has 10 heteroatoms. The summed E-state index contributed by atoms with van der Waals surface area (Å²) in [5.74, 6) is -3.07. The highest BCUT2D eigenvalue weighted by atomic mass is 16.6. The number of hydrogen-bond acceptors (Lipinski definition) is 7. The number of nitrogens with one attached hydrogen (secondary N) is 3. The molecule has 2 amide bonds. The smallest absolute Gasteiger partial charge is 0.326 e. The van der Waals surface area contributed by atoms with Gasteiger partial charge < -0.3 is 25.2 Å². The number of ether oxygens (including phenoxy) is 2. The maximum atomic E-state index is 13.9. The third-order valence-corrected chi connectivity index (χ3v) is 7.89. The Bertz CT molecular complexity index is 1370. The number of carbonyl (C=O) groups is 4. The number of esters is 1. The molecule has 3 aromatic rings. The van der Waals surface area contributed by atoms with Gasteiger partial charge in [0.25, 0.3) is 0 Å². The van der Waals surface area contributed by atoms with Crippen LogP contribution in [-0.4, -0.2) is 59.4 Å². The standard InChI is InChI=1S/C37H45N3O7/c1-36(2,3)47-33(42)23-22-29(38-32-21-13-14-24-46-32)34(43)39-30(35(44)45)25-31(41)40-37(26-15-7-4-8-16-26,27-17-9-5-10-18-27)28-19-11-6-12-20-28/h4-12,15-20,29-30,32,38H,13-14,21-25H2,1-3H3,(H,39,43)(H,40,41)(H,44,45)/t29-,30-,32?/m0/s1. The van der Waals surface area contributed by atoms with Crippen molar-refractivity contribution in [2.45, 2.75) is 88.7 Å². The number of aliphatic carboxylic acids is 1. The predicted octanol–water partition coefficient (Wildman–Crippen LogP) is 4.66. The first-order valence-corrected chi connectivity index (χ1v) is 16.1. The Balaban J connectivity index is 1.57. The molecule has 0 spiro atoms. The molecule has 1 heterocycles. The SMILES string of the molecule is CC(C)(C)OC(=O)CC[C@H](NC1CCCCO1)C(=O)N[C@@H](CC(=O)NC(c1ccccc1)(c1ccccc1)c1ccccc1)C(=O)O. The van der Waals surface area contributed by atoms with Crippen molar-refractivity contribution in [1.29, 1.82) is 0 Å². The summed E-state index contributed by atoms with van der Waals surface area (Å²) in [4.78, 5) is 52.4. The van der Waals surface area contributed by atoms with Crippen LogP contribution >= 0.6 is 0 Å². The minimum absolute atomic E-state index is 0.0538. The number of benzene rings is 3. The zero-order valence-corrected chi connectivity index (χ0v) is 27.2. The second-order valence-corrected chi connectivity index (χ2v) is 12.7. The van der Waals surface area contributed by atoms with Gasteiger partial charge in [0.2, 0.25) is 11.8 Å². The molecule has 4 N–H and O–H groups in total. The normalized spacial score (nSPS) is 16.4. The third-order valence-electron chi connectivity index (χ3n) is 7.89. The molecule has 1 saturated heterocycles. The molecule has 250 valence electrons. The minimum Gasteiger partial charge on any atom is -0.480 e. The second-order valence-electron chi connectivity index (χ2n) is 12.7. The monoisotopic (exact) mass is 643 g/mol. The minimum atomic E-state index is -1.54. The van der Waals surface area contributed by atoms with Gasteiger partial charge in [-0.3, -0.25) is 19.7 Å². The van der Waals surface area contributed by atoms with Gasteiger partial charge in [0, 0.05) is 13.0 Å². The van der Waals surface area contributed by atoms with Gasteiger partial charge in [0.1, 0.15) is 23.4 Å². The summed E-state index contributed by atoms with van der Waals surface area (Å²) in [5.41, 5.74) is 0.496. The maximum Gasteiger partial charge on any atom is 0.326 e. The van der Waals surface area contributed by atoms with Crippen LogP contribution in [0.4, 0.5) is 0 Å². The van der Waals surface area contributed by atoms with Crippen LogP contribution < -0.4 is 16.0 Å². The van der Waals surface area contributed by atoms with Gasteiger partial charge in [0.15, 0.2) is 0 Å². The van der Waals surface area contributed by atoms with E-state index in [1.54, 1.807) is 20.8 Å². The molecule has 3 aromatic carbocycles. The lowest BCUT2D eigenvalue weighted by Crippen LogP contribution is -2.55. The summed E-state index contributed by atoms with van der Waals surface area (Å²) in [6.07, 6.45) is 1.50. The number of carbonyl (C=O) groups excluding carboxylic acids is 3. The van der Waals surface area contributed by atoms with Crippen molar-refractivity contribution < 1.29 is 33.8 Å². The van der Waals surface area contributed by atoms with Crippen LogP contribution in [0.25, 0.3) is 0 Å². The molecule has 1 fully saturated rings. The van der Waals surface area contributed by atoms with Crippen LogP contribution in [0.3, 0.4) is 0 Å². The lowest BCUT2D eigenvalue weighted by atomic mass is 9.77. The Kier molecular flexibility index (Phi) is 12.3. The van der Waals surface area contributed by atoms with Gasteiger partial charge >= 0.3 is 11.9 Å². The Morgan fingerprint density at radius 1 is 0.830 bits per heavy atom. The van der Waals surface area contributed by atoms with Crippen molar-refractivity contribution in [2.24, 2.45) is 0 Å². The number of hydrogen-bond donors (Lipinski definition) is 4. The topological polar surface area (TPSA) is 143 Å². The van der Waals surface area contributed by atoms with Crippen molar-refractivity contribution in [3.8, 4) is 0 Å². The maximum absolute atomic E-state index is 13.9. The first-order chi connectivity index (χ1) is 22.5. The van der Waals surface area contributed by atoms with Crippen molar-refractivity contribution in [1.82, 2.24) is 16.0 Å². The number of carboxylic acids is 1. The molecule has 0 bridgehead atoms. The molecule has 10 nitrogen and oxygen atoms in total. The third kappa shape index (κ3) is 9.97. The fourth-order valence-corrected chi connectivity index (χ4v) is 5.74. The van der Waals surface area contributed by atoms with Crippen molar-refractivity contribution in [3.63, 3.8) is 0 Å². The first-order valence-electron chi connectivity index (χ1n) is 16.1. The quantitative estimate of drug-likeness (QED) is 0.147. The van der Waals surface area contributed by atoms with Gasteiger partial charge in [-0.2, -0.15) is 0 Å². The van der Waals surface area contributed by atoms with E-state index in [0.717, 1.165) is 29.5 Å². The molecule has 47 heavy (non-hydrogen) atoms. The Hall–Kier alpha value is -4.54. The van der Waals surface area contributed by atoms with E-state index in [4.69, 9.17) is 9.47 Å². The fourth-order valence-electron chi connectivity index (χ4n) is 5.74. The van der Waals surface area contributed by atoms with Crippen LogP contribution in [0.1, 0.15) is 76.0 Å². The van der Waals surface area contributed by atoms with E-state index in [2.05, 4.69) is 16.0 Å². The van der Waals surface area contributed by atoms with Crippen molar-refractivity contribution >= 4 is 23.8 Å². The van der Waals surface area contributed by atoms with Crippen LogP contribution in [-0.2, 0) is 34.2 Å². The van der Waals surface area contributed by atoms with Gasteiger partial charge in [-0.25, -0.2) is 4.79 Å². The van der Waals surface area contributed by atoms with E-state index in [-0.39, 0.29) is 12.8 Å². The van der Waals surface area contributed by atoms with Gasteiger partial charge in [-0.15, -0.1) is 0 Å². The summed E-state index contributed by atoms with van der Waals surface area (Å²) in [6, 6.07) is 25.9. The fraction of sp³-hybridized carbons (Fsp3) is 0.405. The number of rotatable bonds is 14. The highest BCUT2D eigenvalue weighted by Gasteiger charge is 2.39. The molecule has 0 radical (unpaired) electrons. The Labute approximate surface area is 276 Å². The van der Waals surface area contributed by atoms with E-state index in [0.29, 0.717) is 13.0 Å². The van der Waals surface area contributed by atoms with Gasteiger partial charge in [-0.1, -0.05) is 91.0 Å². The molecular weight excluding hydrogens is 598 g/mol. The number of amides is 2. The Morgan fingerprint density at radius 2 is 1.36 bits per heavy atom. The predicted molar refractivity (Wildman–Crippen MR) is 177 cm³/mol. The zero-order chi connectivity index (χ0) is 33.9. The second kappa shape index (κ2) is 16.3. The molecule has 3 atom stereocenters. The molecule has 1 aliphatic rings. The van der Waals surface area contributed by atoms with E-state index >= 15 is 0 Å². The highest BCUT2D eigenvalue weighted by Crippen LogP contribution is 2.37. The highest BCUT2D eigenvalue weighted by molar-refractivity contribution is 5.91. The summed E-state index contributed by atoms with van der Waals surface area (Å²) in [7, 11) is 0. The number of carboxylic acid groups (broad SMARTS) is 1. The zero-order valence-electron chi connectivity index (χ0n) is 27.2. The average molecular weight is 644 g/mol. The van der Waals surface area contributed by atoms with Gasteiger partial charge in [0.05, 0.1) is 12.5 Å². The lowest BCUT2D eigenvalue weighted by Gasteiger charge is -2.37. The molecule has 0 saturated carbocycles. The van der Waals surface area contributed by atoms with E-state index < -0.39 is 59.6 Å². The average Bonchev–Trinajstić information content (AvgIpc) is 3.06. The molecule has 4 rings (SSSR count).